The third kappa shape index (κ3) is 4.66. The van der Waals surface area contributed by atoms with Crippen LogP contribution in [0.1, 0.15) is 38.1 Å². The fourth-order valence-corrected chi connectivity index (χ4v) is 3.10. The fraction of sp³-hybridized carbons (Fsp3) is 0.588. The maximum Gasteiger partial charge on any atom is 0.252 e. The van der Waals surface area contributed by atoms with E-state index in [1.54, 1.807) is 0 Å². The number of morpholine rings is 1. The largest absolute Gasteiger partial charge is 0.373 e. The Kier molecular flexibility index (Phi) is 5.65. The Balaban J connectivity index is 1.99. The first-order valence-electron chi connectivity index (χ1n) is 7.83. The third-order valence-corrected chi connectivity index (χ3v) is 4.45. The number of nitrogens with zero attached hydrogens (tertiary/aromatic N) is 1. The van der Waals surface area contributed by atoms with Crippen LogP contribution in [-0.2, 0) is 4.74 Å². The van der Waals surface area contributed by atoms with E-state index < -0.39 is 5.82 Å². The van der Waals surface area contributed by atoms with E-state index in [9.17, 15) is 9.18 Å². The lowest BCUT2D eigenvalue weighted by Gasteiger charge is -2.45. The zero-order chi connectivity index (χ0) is 17.2. The summed E-state index contributed by atoms with van der Waals surface area (Å²) in [6.07, 6.45) is 0.334. The maximum atomic E-state index is 13.1. The van der Waals surface area contributed by atoms with E-state index in [2.05, 4.69) is 37.9 Å². The number of ether oxygens (including phenoxy) is 1. The monoisotopic (exact) mass is 342 g/mol. The molecule has 0 spiro atoms. The Morgan fingerprint density at radius 2 is 2.00 bits per heavy atom. The van der Waals surface area contributed by atoms with Crippen molar-refractivity contribution in [2.75, 3.05) is 19.6 Å². The predicted molar refractivity (Wildman–Crippen MR) is 89.4 cm³/mol. The molecule has 4 nitrogen and oxygen atoms in total. The van der Waals surface area contributed by atoms with Crippen LogP contribution in [0.15, 0.2) is 18.2 Å². The molecular formula is C17H24ClFN2O2. The molecule has 1 aromatic carbocycles. The van der Waals surface area contributed by atoms with Gasteiger partial charge in [0.05, 0.1) is 22.8 Å². The highest BCUT2D eigenvalue weighted by Crippen LogP contribution is 2.21. The molecule has 0 aromatic heterocycles. The molecular weight excluding hydrogens is 319 g/mol. The van der Waals surface area contributed by atoms with Gasteiger partial charge in [-0.25, -0.2) is 4.39 Å². The number of carbonyl (C=O) groups is 1. The second-order valence-electron chi connectivity index (χ2n) is 6.78. The number of nitrogens with one attached hydrogen (secondary N) is 1. The Bertz CT molecular complexity index is 570. The number of halogens is 2. The Hall–Kier alpha value is -1.17. The first-order chi connectivity index (χ1) is 10.7. The van der Waals surface area contributed by atoms with Crippen molar-refractivity contribution in [3.8, 4) is 0 Å². The molecule has 23 heavy (non-hydrogen) atoms. The van der Waals surface area contributed by atoms with E-state index in [4.69, 9.17) is 16.3 Å². The zero-order valence-corrected chi connectivity index (χ0v) is 14.8. The average Bonchev–Trinajstić information content (AvgIpc) is 2.44. The van der Waals surface area contributed by atoms with Gasteiger partial charge < -0.3 is 10.1 Å². The van der Waals surface area contributed by atoms with Crippen LogP contribution in [0.25, 0.3) is 0 Å². The van der Waals surface area contributed by atoms with Gasteiger partial charge >= 0.3 is 0 Å². The van der Waals surface area contributed by atoms with Crippen molar-refractivity contribution >= 4 is 17.5 Å². The minimum absolute atomic E-state index is 0.119. The minimum atomic E-state index is -0.455. The first kappa shape index (κ1) is 18.2. The van der Waals surface area contributed by atoms with Gasteiger partial charge in [0.2, 0.25) is 0 Å². The number of carbonyl (C=O) groups excluding carboxylic acids is 1. The van der Waals surface area contributed by atoms with Crippen molar-refractivity contribution in [3.05, 3.63) is 34.6 Å². The predicted octanol–water partition coefficient (Wildman–Crippen LogP) is 3.10. The molecule has 1 saturated heterocycles. The quantitative estimate of drug-likeness (QED) is 0.914. The van der Waals surface area contributed by atoms with Crippen LogP contribution < -0.4 is 5.32 Å². The number of benzene rings is 1. The van der Waals surface area contributed by atoms with Gasteiger partial charge in [0.1, 0.15) is 5.82 Å². The Morgan fingerprint density at radius 1 is 1.39 bits per heavy atom. The Morgan fingerprint density at radius 3 is 2.57 bits per heavy atom. The summed E-state index contributed by atoms with van der Waals surface area (Å²) in [5.41, 5.74) is 0.0710. The van der Waals surface area contributed by atoms with Crippen molar-refractivity contribution in [1.29, 1.82) is 0 Å². The highest BCUT2D eigenvalue weighted by atomic mass is 35.5. The molecule has 2 atom stereocenters. The van der Waals surface area contributed by atoms with E-state index in [-0.39, 0.29) is 34.2 Å². The molecule has 0 radical (unpaired) electrons. The number of hydrogen-bond donors (Lipinski definition) is 1. The summed E-state index contributed by atoms with van der Waals surface area (Å²) in [4.78, 5) is 14.6. The Labute approximate surface area is 141 Å². The summed E-state index contributed by atoms with van der Waals surface area (Å²) in [5, 5.41) is 3.02. The van der Waals surface area contributed by atoms with Crippen LogP contribution >= 0.6 is 11.6 Å². The lowest BCUT2D eigenvalue weighted by molar-refractivity contribution is -0.0948. The molecule has 1 fully saturated rings. The third-order valence-electron chi connectivity index (χ3n) is 4.13. The van der Waals surface area contributed by atoms with Crippen molar-refractivity contribution in [2.24, 2.45) is 0 Å². The second kappa shape index (κ2) is 7.16. The van der Waals surface area contributed by atoms with Crippen LogP contribution in [0.5, 0.6) is 0 Å². The molecule has 1 heterocycles. The molecule has 6 heteroatoms. The maximum absolute atomic E-state index is 13.1. The van der Waals surface area contributed by atoms with Crippen molar-refractivity contribution in [2.45, 2.75) is 45.4 Å². The van der Waals surface area contributed by atoms with Gasteiger partial charge in [0.15, 0.2) is 0 Å². The summed E-state index contributed by atoms with van der Waals surface area (Å²) >= 11 is 5.93. The molecule has 0 aliphatic carbocycles. The SMILES string of the molecule is C[C@@H]1CN(C(C)(C)CNC(=O)c2ccc(F)cc2Cl)C[C@H](C)O1. The second-order valence-corrected chi connectivity index (χ2v) is 7.19. The molecule has 1 N–H and O–H groups in total. The molecule has 0 saturated carbocycles. The molecule has 1 aromatic rings. The van der Waals surface area contributed by atoms with Gasteiger partial charge in [0, 0.05) is 25.2 Å². The summed E-state index contributed by atoms with van der Waals surface area (Å²) in [6, 6.07) is 3.78. The van der Waals surface area contributed by atoms with Crippen molar-refractivity contribution in [3.63, 3.8) is 0 Å². The molecule has 0 bridgehead atoms. The zero-order valence-electron chi connectivity index (χ0n) is 14.0. The van der Waals surface area contributed by atoms with Gasteiger partial charge in [-0.05, 0) is 45.9 Å². The van der Waals surface area contributed by atoms with Crippen LogP contribution in [-0.4, -0.2) is 48.2 Å². The molecule has 1 aliphatic rings. The number of hydrogen-bond acceptors (Lipinski definition) is 3. The van der Waals surface area contributed by atoms with Crippen molar-refractivity contribution in [1.82, 2.24) is 10.2 Å². The van der Waals surface area contributed by atoms with E-state index in [0.29, 0.717) is 6.54 Å². The highest BCUT2D eigenvalue weighted by molar-refractivity contribution is 6.33. The van der Waals surface area contributed by atoms with Gasteiger partial charge in [-0.3, -0.25) is 9.69 Å². The molecule has 2 rings (SSSR count). The average molecular weight is 343 g/mol. The van der Waals surface area contributed by atoms with Gasteiger partial charge in [-0.2, -0.15) is 0 Å². The fourth-order valence-electron chi connectivity index (χ4n) is 2.85. The first-order valence-corrected chi connectivity index (χ1v) is 8.20. The van der Waals surface area contributed by atoms with Gasteiger partial charge in [-0.1, -0.05) is 11.6 Å². The molecule has 0 unspecified atom stereocenters. The van der Waals surface area contributed by atoms with E-state index in [0.717, 1.165) is 19.2 Å². The van der Waals surface area contributed by atoms with E-state index in [1.165, 1.54) is 12.1 Å². The molecule has 128 valence electrons. The van der Waals surface area contributed by atoms with Gasteiger partial charge in [-0.15, -0.1) is 0 Å². The van der Waals surface area contributed by atoms with E-state index >= 15 is 0 Å². The number of rotatable bonds is 4. The number of amides is 1. The van der Waals surface area contributed by atoms with Crippen LogP contribution in [0.3, 0.4) is 0 Å². The minimum Gasteiger partial charge on any atom is -0.373 e. The van der Waals surface area contributed by atoms with E-state index in [1.807, 2.05) is 0 Å². The van der Waals surface area contributed by atoms with Gasteiger partial charge in [0.25, 0.3) is 5.91 Å². The summed E-state index contributed by atoms with van der Waals surface area (Å²) < 4.78 is 18.8. The summed E-state index contributed by atoms with van der Waals surface area (Å²) in [7, 11) is 0. The van der Waals surface area contributed by atoms with Crippen LogP contribution in [0.4, 0.5) is 4.39 Å². The highest BCUT2D eigenvalue weighted by Gasteiger charge is 2.33. The lowest BCUT2D eigenvalue weighted by atomic mass is 10.00. The smallest absolute Gasteiger partial charge is 0.252 e. The van der Waals surface area contributed by atoms with Crippen LogP contribution in [0.2, 0.25) is 5.02 Å². The van der Waals surface area contributed by atoms with Crippen molar-refractivity contribution < 1.29 is 13.9 Å². The summed E-state index contributed by atoms with van der Waals surface area (Å²) in [5.74, 6) is -0.749. The topological polar surface area (TPSA) is 41.6 Å². The lowest BCUT2D eigenvalue weighted by Crippen LogP contribution is -2.58. The molecule has 1 amide bonds. The normalized spacial score (nSPS) is 22.9. The standard InChI is InChI=1S/C17H24ClFN2O2/c1-11-8-21(9-12(2)23-11)17(3,4)10-20-16(22)14-6-5-13(19)7-15(14)18/h5-7,11-12H,8-10H2,1-4H3,(H,20,22)/t11-,12+. The van der Waals surface area contributed by atoms with Crippen LogP contribution in [0, 0.1) is 5.82 Å². The molecule has 1 aliphatic heterocycles. The summed E-state index contributed by atoms with van der Waals surface area (Å²) in [6.45, 7) is 10.4.